The average Bonchev–Trinajstić information content (AvgIpc) is 2.37. The number of rotatable bonds is 6. The predicted molar refractivity (Wildman–Crippen MR) is 74.4 cm³/mol. The van der Waals surface area contributed by atoms with E-state index in [4.69, 9.17) is 4.74 Å². The summed E-state index contributed by atoms with van der Waals surface area (Å²) in [4.78, 5) is 23.2. The van der Waals surface area contributed by atoms with E-state index < -0.39 is 6.10 Å². The van der Waals surface area contributed by atoms with Gasteiger partial charge in [0, 0.05) is 18.0 Å². The highest BCUT2D eigenvalue weighted by molar-refractivity contribution is 5.95. The van der Waals surface area contributed by atoms with E-state index in [2.05, 4.69) is 5.32 Å². The van der Waals surface area contributed by atoms with E-state index in [0.29, 0.717) is 17.7 Å². The Morgan fingerprint density at radius 2 is 1.74 bits per heavy atom. The van der Waals surface area contributed by atoms with Crippen molar-refractivity contribution in [1.82, 2.24) is 5.32 Å². The highest BCUT2D eigenvalue weighted by Gasteiger charge is 2.15. The Labute approximate surface area is 114 Å². The molecule has 0 aromatic heterocycles. The van der Waals surface area contributed by atoms with Crippen LogP contribution < -0.4 is 10.1 Å². The van der Waals surface area contributed by atoms with Gasteiger partial charge in [0.15, 0.2) is 11.9 Å². The van der Waals surface area contributed by atoms with Gasteiger partial charge in [-0.25, -0.2) is 0 Å². The van der Waals surface area contributed by atoms with E-state index in [0.717, 1.165) is 0 Å². The molecule has 4 nitrogen and oxygen atoms in total. The van der Waals surface area contributed by atoms with Gasteiger partial charge in [0.25, 0.3) is 5.91 Å². The molecule has 1 aromatic carbocycles. The molecule has 0 radical (unpaired) electrons. The van der Waals surface area contributed by atoms with Gasteiger partial charge < -0.3 is 10.1 Å². The number of hydrogen-bond donors (Lipinski definition) is 1. The van der Waals surface area contributed by atoms with Gasteiger partial charge in [-0.15, -0.1) is 0 Å². The molecule has 104 valence electrons. The molecule has 0 fully saturated rings. The van der Waals surface area contributed by atoms with Crippen molar-refractivity contribution in [2.75, 3.05) is 0 Å². The monoisotopic (exact) mass is 263 g/mol. The van der Waals surface area contributed by atoms with Crippen molar-refractivity contribution in [1.29, 1.82) is 0 Å². The number of ketones is 1. The maximum Gasteiger partial charge on any atom is 0.260 e. The lowest BCUT2D eigenvalue weighted by Gasteiger charge is -2.16. The van der Waals surface area contributed by atoms with Crippen molar-refractivity contribution < 1.29 is 14.3 Å². The van der Waals surface area contributed by atoms with E-state index >= 15 is 0 Å². The van der Waals surface area contributed by atoms with Crippen molar-refractivity contribution in [3.63, 3.8) is 0 Å². The first-order valence-electron chi connectivity index (χ1n) is 6.54. The van der Waals surface area contributed by atoms with Gasteiger partial charge in [0.2, 0.25) is 0 Å². The van der Waals surface area contributed by atoms with Crippen molar-refractivity contribution in [2.45, 2.75) is 46.3 Å². The molecule has 1 aromatic rings. The molecule has 0 aliphatic carbocycles. The molecule has 4 heteroatoms. The fourth-order valence-electron chi connectivity index (χ4n) is 1.58. The molecule has 1 rings (SSSR count). The van der Waals surface area contributed by atoms with Crippen LogP contribution in [0.2, 0.25) is 0 Å². The molecule has 0 spiro atoms. The maximum absolute atomic E-state index is 11.7. The highest BCUT2D eigenvalue weighted by Crippen LogP contribution is 2.15. The summed E-state index contributed by atoms with van der Waals surface area (Å²) < 4.78 is 5.52. The first kappa shape index (κ1) is 15.2. The van der Waals surface area contributed by atoms with E-state index in [1.807, 2.05) is 20.8 Å². The van der Waals surface area contributed by atoms with E-state index in [1.54, 1.807) is 31.2 Å². The molecular weight excluding hydrogens is 242 g/mol. The van der Waals surface area contributed by atoms with Crippen LogP contribution in [0.1, 0.15) is 44.5 Å². The molecule has 1 atom stereocenters. The Morgan fingerprint density at radius 3 is 2.21 bits per heavy atom. The van der Waals surface area contributed by atoms with Gasteiger partial charge in [-0.3, -0.25) is 9.59 Å². The minimum atomic E-state index is -0.560. The smallest absolute Gasteiger partial charge is 0.260 e. The molecule has 19 heavy (non-hydrogen) atoms. The van der Waals surface area contributed by atoms with Crippen molar-refractivity contribution in [2.24, 2.45) is 0 Å². The van der Waals surface area contributed by atoms with Gasteiger partial charge in [-0.1, -0.05) is 6.92 Å². The van der Waals surface area contributed by atoms with Crippen molar-refractivity contribution in [3.05, 3.63) is 29.8 Å². The molecule has 1 unspecified atom stereocenters. The van der Waals surface area contributed by atoms with Crippen LogP contribution >= 0.6 is 0 Å². The lowest BCUT2D eigenvalue weighted by atomic mass is 10.1. The van der Waals surface area contributed by atoms with E-state index in [1.165, 1.54) is 0 Å². The number of Topliss-reactive ketones (excluding diaryl/α,β-unsaturated/α-hetero) is 1. The van der Waals surface area contributed by atoms with Crippen LogP contribution in [0.4, 0.5) is 0 Å². The third kappa shape index (κ3) is 4.73. The van der Waals surface area contributed by atoms with E-state index in [9.17, 15) is 9.59 Å². The van der Waals surface area contributed by atoms with Crippen LogP contribution in [0.15, 0.2) is 24.3 Å². The summed E-state index contributed by atoms with van der Waals surface area (Å²) in [7, 11) is 0. The lowest BCUT2D eigenvalue weighted by molar-refractivity contribution is -0.127. The van der Waals surface area contributed by atoms with Gasteiger partial charge in [0.05, 0.1) is 0 Å². The molecule has 0 saturated heterocycles. The summed E-state index contributed by atoms with van der Waals surface area (Å²) in [5.74, 6) is 0.528. The first-order valence-corrected chi connectivity index (χ1v) is 6.54. The number of amides is 1. The number of nitrogens with one attached hydrogen (secondary N) is 1. The number of ether oxygens (including phenoxy) is 1. The molecule has 1 amide bonds. The molecule has 0 aliphatic rings. The zero-order valence-corrected chi connectivity index (χ0v) is 11.9. The topological polar surface area (TPSA) is 55.4 Å². The second-order valence-electron chi connectivity index (χ2n) is 4.72. The zero-order chi connectivity index (χ0) is 14.4. The second-order valence-corrected chi connectivity index (χ2v) is 4.72. The Balaban J connectivity index is 2.62. The number of carbonyl (C=O) groups is 2. The molecule has 0 saturated carbocycles. The summed E-state index contributed by atoms with van der Waals surface area (Å²) in [6.07, 6.45) is -0.0805. The van der Waals surface area contributed by atoms with Crippen LogP contribution in [-0.2, 0) is 4.79 Å². The van der Waals surface area contributed by atoms with Crippen LogP contribution in [0.25, 0.3) is 0 Å². The van der Waals surface area contributed by atoms with Gasteiger partial charge in [-0.2, -0.15) is 0 Å². The Kier molecular flexibility index (Phi) is 5.55. The molecule has 0 bridgehead atoms. The quantitative estimate of drug-likeness (QED) is 0.802. The van der Waals surface area contributed by atoms with Gasteiger partial charge in [-0.05, 0) is 45.0 Å². The summed E-state index contributed by atoms with van der Waals surface area (Å²) in [6.45, 7) is 7.32. The van der Waals surface area contributed by atoms with Crippen molar-refractivity contribution >= 4 is 11.7 Å². The molecule has 0 heterocycles. The van der Waals surface area contributed by atoms with Gasteiger partial charge >= 0.3 is 0 Å². The van der Waals surface area contributed by atoms with Crippen LogP contribution in [0.5, 0.6) is 5.75 Å². The molecule has 0 aliphatic heterocycles. The maximum atomic E-state index is 11.7. The molecular formula is C15H21NO3. The van der Waals surface area contributed by atoms with Gasteiger partial charge in [0.1, 0.15) is 5.75 Å². The first-order chi connectivity index (χ1) is 8.93. The summed E-state index contributed by atoms with van der Waals surface area (Å²) >= 11 is 0. The van der Waals surface area contributed by atoms with Crippen LogP contribution in [0, 0.1) is 0 Å². The second kappa shape index (κ2) is 6.92. The van der Waals surface area contributed by atoms with Crippen LogP contribution in [-0.4, -0.2) is 23.8 Å². The minimum Gasteiger partial charge on any atom is -0.481 e. The normalized spacial score (nSPS) is 12.1. The Bertz CT molecular complexity index is 437. The summed E-state index contributed by atoms with van der Waals surface area (Å²) in [6, 6.07) is 6.94. The number of hydrogen-bond acceptors (Lipinski definition) is 3. The third-order valence-electron chi connectivity index (χ3n) is 2.61. The Morgan fingerprint density at radius 1 is 1.16 bits per heavy atom. The number of carbonyl (C=O) groups excluding carboxylic acids is 2. The Hall–Kier alpha value is -1.84. The van der Waals surface area contributed by atoms with Crippen LogP contribution in [0.3, 0.4) is 0 Å². The fourth-order valence-corrected chi connectivity index (χ4v) is 1.58. The zero-order valence-electron chi connectivity index (χ0n) is 11.9. The minimum absolute atomic E-state index is 0.0862. The summed E-state index contributed by atoms with van der Waals surface area (Å²) in [5, 5.41) is 2.78. The highest BCUT2D eigenvalue weighted by atomic mass is 16.5. The number of benzene rings is 1. The fraction of sp³-hybridized carbons (Fsp3) is 0.467. The lowest BCUT2D eigenvalue weighted by Crippen LogP contribution is -2.40. The average molecular weight is 263 g/mol. The summed E-state index contributed by atoms with van der Waals surface area (Å²) in [5.41, 5.74) is 0.661. The third-order valence-corrected chi connectivity index (χ3v) is 2.61. The SMILES string of the molecule is CCC(=O)c1ccc(OC(C)C(=O)NC(C)C)cc1. The predicted octanol–water partition coefficient (Wildman–Crippen LogP) is 2.57. The standard InChI is InChI=1S/C15H21NO3/c1-5-14(17)12-6-8-13(9-7-12)19-11(4)15(18)16-10(2)3/h6-11H,5H2,1-4H3,(H,16,18). The van der Waals surface area contributed by atoms with E-state index in [-0.39, 0.29) is 17.7 Å². The molecule has 1 N–H and O–H groups in total. The largest absolute Gasteiger partial charge is 0.481 e. The van der Waals surface area contributed by atoms with Crippen molar-refractivity contribution in [3.8, 4) is 5.75 Å².